The van der Waals surface area contributed by atoms with Crippen molar-refractivity contribution in [3.63, 3.8) is 0 Å². The van der Waals surface area contributed by atoms with Gasteiger partial charge in [-0.15, -0.1) is 0 Å². The maximum atomic E-state index is 13.0. The smallest absolute Gasteiger partial charge is 0.343 e. The van der Waals surface area contributed by atoms with Crippen LogP contribution in [0.2, 0.25) is 0 Å². The Bertz CT molecular complexity index is 963. The minimum atomic E-state index is -2.91. The third-order valence-corrected chi connectivity index (χ3v) is 6.95. The highest BCUT2D eigenvalue weighted by atomic mass is 31.1. The third kappa shape index (κ3) is 7.63. The number of rotatable bonds is 10. The van der Waals surface area contributed by atoms with E-state index in [1.165, 1.54) is 6.92 Å². The second kappa shape index (κ2) is 12.4. The number of benzene rings is 2. The van der Waals surface area contributed by atoms with E-state index in [4.69, 9.17) is 9.26 Å². The van der Waals surface area contributed by atoms with Crippen molar-refractivity contribution in [1.29, 1.82) is 0 Å². The lowest BCUT2D eigenvalue weighted by atomic mass is 10.1. The van der Waals surface area contributed by atoms with E-state index in [2.05, 4.69) is 10.6 Å². The molecule has 1 aliphatic rings. The molecule has 0 radical (unpaired) electrons. The van der Waals surface area contributed by atoms with E-state index >= 15 is 0 Å². The molecule has 9 heteroatoms. The number of esters is 2. The molecule has 4 atom stereocenters. The Morgan fingerprint density at radius 1 is 1.09 bits per heavy atom. The van der Waals surface area contributed by atoms with Gasteiger partial charge in [-0.1, -0.05) is 48.5 Å². The Kier molecular flexibility index (Phi) is 9.36. The van der Waals surface area contributed by atoms with Gasteiger partial charge in [-0.3, -0.25) is 9.36 Å². The maximum absolute atomic E-state index is 13.0. The van der Waals surface area contributed by atoms with Crippen LogP contribution >= 0.6 is 8.03 Å². The molecular weight excluding hydrogens is 443 g/mol. The van der Waals surface area contributed by atoms with Crippen molar-refractivity contribution in [2.24, 2.45) is 0 Å². The third-order valence-electron chi connectivity index (χ3n) is 5.36. The molecule has 1 aliphatic heterocycles. The molecule has 33 heavy (non-hydrogen) atoms. The van der Waals surface area contributed by atoms with Crippen molar-refractivity contribution >= 4 is 25.9 Å². The van der Waals surface area contributed by atoms with Crippen molar-refractivity contribution < 1.29 is 28.2 Å². The van der Waals surface area contributed by atoms with Gasteiger partial charge < -0.3 is 19.9 Å². The van der Waals surface area contributed by atoms with E-state index in [9.17, 15) is 18.9 Å². The highest BCUT2D eigenvalue weighted by molar-refractivity contribution is 7.40. The second-order valence-corrected chi connectivity index (χ2v) is 9.46. The maximum Gasteiger partial charge on any atom is 0.343 e. The van der Waals surface area contributed by atoms with Gasteiger partial charge in [0.25, 0.3) is 5.91 Å². The predicted octanol–water partition coefficient (Wildman–Crippen LogP) is 3.08. The van der Waals surface area contributed by atoms with E-state index in [-0.39, 0.29) is 5.91 Å². The number of hydrogen-bond acceptors (Lipinski definition) is 7. The van der Waals surface area contributed by atoms with Gasteiger partial charge in [-0.25, -0.2) is 9.59 Å². The number of amides is 1. The number of aryl methyl sites for hydroxylation is 1. The monoisotopic (exact) mass is 472 g/mol. The molecule has 3 unspecified atom stereocenters. The van der Waals surface area contributed by atoms with Crippen LogP contribution in [-0.4, -0.2) is 42.3 Å². The van der Waals surface area contributed by atoms with Gasteiger partial charge in [0.2, 0.25) is 8.03 Å². The van der Waals surface area contributed by atoms with Crippen LogP contribution in [-0.2, 0) is 29.8 Å². The van der Waals surface area contributed by atoms with Crippen LogP contribution in [0.15, 0.2) is 60.7 Å². The molecule has 2 N–H and O–H groups in total. The number of hydrogen-bond donors (Lipinski definition) is 2. The predicted molar refractivity (Wildman–Crippen MR) is 124 cm³/mol. The summed E-state index contributed by atoms with van der Waals surface area (Å²) in [7, 11) is -2.91. The zero-order valence-electron chi connectivity index (χ0n) is 18.5. The van der Waals surface area contributed by atoms with Gasteiger partial charge in [0.15, 0.2) is 6.10 Å². The molecule has 1 fully saturated rings. The molecule has 0 aliphatic carbocycles. The first kappa shape index (κ1) is 24.8. The van der Waals surface area contributed by atoms with Crippen molar-refractivity contribution in [1.82, 2.24) is 10.6 Å². The Morgan fingerprint density at radius 3 is 2.39 bits per heavy atom. The molecule has 0 aromatic heterocycles. The molecule has 3 rings (SSSR count). The van der Waals surface area contributed by atoms with Crippen LogP contribution in [0.5, 0.6) is 0 Å². The first-order chi connectivity index (χ1) is 15.9. The molecule has 0 spiro atoms. The Hall–Kier alpha value is -2.80. The van der Waals surface area contributed by atoms with Crippen molar-refractivity contribution in [3.8, 4) is 0 Å². The minimum absolute atomic E-state index is 0.354. The summed E-state index contributed by atoms with van der Waals surface area (Å²) in [6, 6.07) is 17.7. The van der Waals surface area contributed by atoms with Crippen LogP contribution in [0, 0.1) is 0 Å². The lowest BCUT2D eigenvalue weighted by Crippen LogP contribution is -2.37. The first-order valence-electron chi connectivity index (χ1n) is 11.0. The molecule has 8 nitrogen and oxygen atoms in total. The van der Waals surface area contributed by atoms with Crippen molar-refractivity contribution in [2.75, 3.05) is 6.54 Å². The summed E-state index contributed by atoms with van der Waals surface area (Å²) < 4.78 is 23.4. The molecule has 176 valence electrons. The fourth-order valence-electron chi connectivity index (χ4n) is 3.48. The van der Waals surface area contributed by atoms with E-state index in [1.54, 1.807) is 30.3 Å². The molecule has 2 aromatic rings. The molecule has 1 saturated heterocycles. The minimum Gasteiger partial charge on any atom is -0.390 e. The van der Waals surface area contributed by atoms with Crippen molar-refractivity contribution in [2.45, 2.75) is 50.5 Å². The zero-order chi connectivity index (χ0) is 23.6. The van der Waals surface area contributed by atoms with Crippen LogP contribution in [0.3, 0.4) is 0 Å². The highest BCUT2D eigenvalue weighted by Gasteiger charge is 2.30. The fraction of sp³-hybridized carbons (Fsp3) is 0.375. The number of ether oxygens (including phenoxy) is 1. The number of carbonyl (C=O) groups excluding carboxylic acids is 3. The van der Waals surface area contributed by atoms with E-state index in [1.807, 2.05) is 30.3 Å². The summed E-state index contributed by atoms with van der Waals surface area (Å²) in [6.45, 7) is 2.07. The van der Waals surface area contributed by atoms with Gasteiger partial charge >= 0.3 is 11.9 Å². The Morgan fingerprint density at radius 2 is 1.76 bits per heavy atom. The average molecular weight is 472 g/mol. The van der Waals surface area contributed by atoms with Gasteiger partial charge in [0.1, 0.15) is 11.8 Å². The number of nitrogens with one attached hydrogen (secondary N) is 2. The summed E-state index contributed by atoms with van der Waals surface area (Å²) in [6.07, 6.45) is 1.13. The second-order valence-electron chi connectivity index (χ2n) is 7.88. The zero-order valence-corrected chi connectivity index (χ0v) is 19.5. The average Bonchev–Trinajstić information content (AvgIpc) is 3.38. The molecule has 2 aromatic carbocycles. The van der Waals surface area contributed by atoms with Crippen LogP contribution in [0.4, 0.5) is 0 Å². The van der Waals surface area contributed by atoms with Crippen molar-refractivity contribution in [3.05, 3.63) is 71.8 Å². The number of carbonyl (C=O) groups is 3. The lowest BCUT2D eigenvalue weighted by molar-refractivity contribution is -0.165. The highest BCUT2D eigenvalue weighted by Crippen LogP contribution is 2.33. The van der Waals surface area contributed by atoms with Crippen LogP contribution in [0.1, 0.15) is 42.1 Å². The summed E-state index contributed by atoms with van der Waals surface area (Å²) in [5.74, 6) is -2.74. The standard InChI is InChI=1S/C24H29N2O6P/c1-17(23(28)31-24(29)20-13-8-16-25-20)32-33(30)21(15-14-18-9-4-2-5-10-18)26-22(27)19-11-6-3-7-12-19/h2-7,9-12,17,20-21,25,33H,8,13-16H2,1H3,(H,26,27)/t17?,20-,21?/m0/s1. The SMILES string of the molecule is CC(O[PH](=O)C(CCc1ccccc1)NC(=O)c1ccccc1)C(=O)OC(=O)[C@@H]1CCCN1. The molecule has 1 heterocycles. The van der Waals surface area contributed by atoms with E-state index < -0.39 is 37.9 Å². The van der Waals surface area contributed by atoms with Crippen LogP contribution < -0.4 is 10.6 Å². The van der Waals surface area contributed by atoms with Gasteiger partial charge in [0, 0.05) is 5.56 Å². The molecular formula is C24H29N2O6P. The fourth-order valence-corrected chi connectivity index (χ4v) is 4.72. The summed E-state index contributed by atoms with van der Waals surface area (Å²) in [4.78, 5) is 37.0. The summed E-state index contributed by atoms with van der Waals surface area (Å²) >= 11 is 0. The quantitative estimate of drug-likeness (QED) is 0.311. The Balaban J connectivity index is 1.61. The molecule has 0 bridgehead atoms. The van der Waals surface area contributed by atoms with E-state index in [0.717, 1.165) is 12.0 Å². The van der Waals surface area contributed by atoms with Crippen LogP contribution in [0.25, 0.3) is 0 Å². The largest absolute Gasteiger partial charge is 0.390 e. The molecule has 1 amide bonds. The Labute approximate surface area is 193 Å². The first-order valence-corrected chi connectivity index (χ1v) is 12.4. The normalized spacial score (nSPS) is 18.2. The topological polar surface area (TPSA) is 111 Å². The van der Waals surface area contributed by atoms with Gasteiger partial charge in [-0.2, -0.15) is 0 Å². The van der Waals surface area contributed by atoms with Gasteiger partial charge in [-0.05, 0) is 56.8 Å². The van der Waals surface area contributed by atoms with Gasteiger partial charge in [0.05, 0.1) is 0 Å². The molecule has 0 saturated carbocycles. The summed E-state index contributed by atoms with van der Waals surface area (Å²) in [5.41, 5.74) is 1.45. The van der Waals surface area contributed by atoms with E-state index in [0.29, 0.717) is 31.4 Å². The lowest BCUT2D eigenvalue weighted by Gasteiger charge is -2.21. The summed E-state index contributed by atoms with van der Waals surface area (Å²) in [5, 5.41) is 5.73.